The first-order valence-electron chi connectivity index (χ1n) is 10.9. The predicted octanol–water partition coefficient (Wildman–Crippen LogP) is 5.21. The van der Waals surface area contributed by atoms with Crippen molar-refractivity contribution in [1.82, 2.24) is 19.9 Å². The average molecular weight is 476 g/mol. The van der Waals surface area contributed by atoms with Crippen LogP contribution in [0.15, 0.2) is 54.7 Å². The molecule has 0 saturated carbocycles. The topological polar surface area (TPSA) is 131 Å². The van der Waals surface area contributed by atoms with Gasteiger partial charge in [-0.1, -0.05) is 20.8 Å². The molecule has 0 radical (unpaired) electrons. The molecule has 180 valence electrons. The number of benzene rings is 2. The van der Waals surface area contributed by atoms with Crippen molar-refractivity contribution in [2.45, 2.75) is 26.2 Å². The predicted molar refractivity (Wildman–Crippen MR) is 134 cm³/mol. The number of hydrogen-bond donors (Lipinski definition) is 4. The van der Waals surface area contributed by atoms with Gasteiger partial charge in [0.15, 0.2) is 0 Å². The van der Waals surface area contributed by atoms with Gasteiger partial charge in [-0.25, -0.2) is 24.1 Å². The Morgan fingerprint density at radius 1 is 1.03 bits per heavy atom. The highest BCUT2D eigenvalue weighted by Gasteiger charge is 2.25. The zero-order valence-corrected chi connectivity index (χ0v) is 19.8. The fraction of sp³-hybridized carbons (Fsp3) is 0.200. The second-order valence-corrected chi connectivity index (χ2v) is 8.86. The molecule has 0 unspecified atom stereocenters. The summed E-state index contributed by atoms with van der Waals surface area (Å²) in [5.41, 5.74) is 7.94. The number of rotatable bonds is 5. The number of amides is 2. The van der Waals surface area contributed by atoms with E-state index in [0.29, 0.717) is 40.0 Å². The molecule has 0 fully saturated rings. The molecule has 10 heteroatoms. The van der Waals surface area contributed by atoms with Gasteiger partial charge in [0.25, 0.3) is 0 Å². The van der Waals surface area contributed by atoms with Crippen molar-refractivity contribution < 1.29 is 13.9 Å². The first-order chi connectivity index (χ1) is 16.6. The van der Waals surface area contributed by atoms with E-state index in [9.17, 15) is 4.79 Å². The average Bonchev–Trinajstić information content (AvgIpc) is 3.27. The van der Waals surface area contributed by atoms with Gasteiger partial charge in [0.2, 0.25) is 5.95 Å². The number of ether oxygens (including phenoxy) is 1. The summed E-state index contributed by atoms with van der Waals surface area (Å²) in [6.07, 6.45) is 1.52. The molecule has 4 aromatic rings. The fourth-order valence-electron chi connectivity index (χ4n) is 3.37. The molecule has 0 aliphatic rings. The number of nitrogen functional groups attached to an aromatic ring is 1. The molecule has 0 spiro atoms. The molecule has 5 N–H and O–H groups in total. The Balaban J connectivity index is 1.67. The number of aromatic amines is 1. The lowest BCUT2D eigenvalue weighted by Crippen LogP contribution is -2.19. The van der Waals surface area contributed by atoms with Gasteiger partial charge in [-0.15, -0.1) is 0 Å². The number of methoxy groups -OCH3 is 1. The van der Waals surface area contributed by atoms with E-state index in [-0.39, 0.29) is 16.9 Å². The quantitative estimate of drug-likeness (QED) is 0.314. The molecule has 0 saturated heterocycles. The minimum Gasteiger partial charge on any atom is -0.497 e. The lowest BCUT2D eigenvalue weighted by Gasteiger charge is -2.14. The lowest BCUT2D eigenvalue weighted by atomic mass is 9.96. The second-order valence-electron chi connectivity index (χ2n) is 8.86. The fourth-order valence-corrected chi connectivity index (χ4v) is 3.37. The van der Waals surface area contributed by atoms with E-state index >= 15 is 4.39 Å². The lowest BCUT2D eigenvalue weighted by molar-refractivity contribution is 0.262. The smallest absolute Gasteiger partial charge is 0.323 e. The molecule has 2 aromatic heterocycles. The number of nitrogens with two attached hydrogens (primary N) is 1. The SMILES string of the molecule is COc1ccc(NC(=O)Nc2ccc(F)c(-c3nc(C(C)(C)C)[nH]c3-c3ccnc(N)n3)c2)cc1. The molecule has 4 rings (SSSR count). The van der Waals surface area contributed by atoms with E-state index in [4.69, 9.17) is 10.5 Å². The van der Waals surface area contributed by atoms with Gasteiger partial charge in [-0.2, -0.15) is 0 Å². The number of carbonyl (C=O) groups is 1. The third-order valence-corrected chi connectivity index (χ3v) is 5.17. The van der Waals surface area contributed by atoms with Crippen LogP contribution in [0.2, 0.25) is 0 Å². The molecule has 2 amide bonds. The van der Waals surface area contributed by atoms with Crippen molar-refractivity contribution >= 4 is 23.4 Å². The van der Waals surface area contributed by atoms with E-state index in [1.165, 1.54) is 24.4 Å². The minimum absolute atomic E-state index is 0.0893. The molecule has 2 heterocycles. The summed E-state index contributed by atoms with van der Waals surface area (Å²) < 4.78 is 20.2. The number of anilines is 3. The summed E-state index contributed by atoms with van der Waals surface area (Å²) in [7, 11) is 1.57. The zero-order valence-electron chi connectivity index (χ0n) is 19.8. The van der Waals surface area contributed by atoms with Crippen LogP contribution >= 0.6 is 0 Å². The van der Waals surface area contributed by atoms with Crippen LogP contribution in [0.3, 0.4) is 0 Å². The molecule has 0 atom stereocenters. The van der Waals surface area contributed by atoms with Crippen LogP contribution in [0.1, 0.15) is 26.6 Å². The summed E-state index contributed by atoms with van der Waals surface area (Å²) in [4.78, 5) is 28.7. The van der Waals surface area contributed by atoms with Gasteiger partial charge < -0.3 is 26.1 Å². The van der Waals surface area contributed by atoms with Crippen molar-refractivity contribution in [2.75, 3.05) is 23.5 Å². The molecule has 0 aliphatic carbocycles. The number of urea groups is 1. The van der Waals surface area contributed by atoms with Crippen LogP contribution in [-0.2, 0) is 5.41 Å². The number of nitrogens with one attached hydrogen (secondary N) is 3. The van der Waals surface area contributed by atoms with E-state index < -0.39 is 11.8 Å². The summed E-state index contributed by atoms with van der Waals surface area (Å²) in [5, 5.41) is 5.46. The molecule has 35 heavy (non-hydrogen) atoms. The monoisotopic (exact) mass is 475 g/mol. The Hall–Kier alpha value is -4.47. The first-order valence-corrected chi connectivity index (χ1v) is 10.9. The van der Waals surface area contributed by atoms with E-state index in [1.54, 1.807) is 37.4 Å². The molecule has 9 nitrogen and oxygen atoms in total. The van der Waals surface area contributed by atoms with Crippen LogP contribution in [0.5, 0.6) is 5.75 Å². The maximum atomic E-state index is 15.0. The Bertz CT molecular complexity index is 1360. The van der Waals surface area contributed by atoms with Gasteiger partial charge in [-0.3, -0.25) is 0 Å². The van der Waals surface area contributed by atoms with Gasteiger partial charge in [-0.05, 0) is 48.5 Å². The Kier molecular flexibility index (Phi) is 6.37. The van der Waals surface area contributed by atoms with Gasteiger partial charge in [0.1, 0.15) is 23.1 Å². The molecule has 0 bridgehead atoms. The first kappa shape index (κ1) is 23.7. The number of imidazole rings is 1. The van der Waals surface area contributed by atoms with Crippen molar-refractivity contribution in [1.29, 1.82) is 0 Å². The van der Waals surface area contributed by atoms with E-state index in [2.05, 4.69) is 30.6 Å². The Morgan fingerprint density at radius 3 is 2.37 bits per heavy atom. The van der Waals surface area contributed by atoms with Crippen molar-refractivity contribution in [3.05, 3.63) is 66.4 Å². The number of aromatic nitrogens is 4. The number of carbonyl (C=O) groups excluding carboxylic acids is 1. The van der Waals surface area contributed by atoms with Gasteiger partial charge in [0, 0.05) is 28.6 Å². The van der Waals surface area contributed by atoms with Crippen LogP contribution in [-0.4, -0.2) is 33.1 Å². The van der Waals surface area contributed by atoms with Crippen molar-refractivity contribution in [3.8, 4) is 28.4 Å². The summed E-state index contributed by atoms with van der Waals surface area (Å²) in [6, 6.07) is 12.4. The van der Waals surface area contributed by atoms with Gasteiger partial charge >= 0.3 is 6.03 Å². The highest BCUT2D eigenvalue weighted by molar-refractivity contribution is 6.00. The third-order valence-electron chi connectivity index (χ3n) is 5.17. The summed E-state index contributed by atoms with van der Waals surface area (Å²) >= 11 is 0. The highest BCUT2D eigenvalue weighted by atomic mass is 19.1. The number of halogens is 1. The maximum Gasteiger partial charge on any atom is 0.323 e. The summed E-state index contributed by atoms with van der Waals surface area (Å²) in [5.74, 6) is 0.913. The highest BCUT2D eigenvalue weighted by Crippen LogP contribution is 2.35. The van der Waals surface area contributed by atoms with Crippen LogP contribution in [0, 0.1) is 5.82 Å². The number of H-pyrrole nitrogens is 1. The second kappa shape index (κ2) is 9.41. The van der Waals surface area contributed by atoms with Gasteiger partial charge in [0.05, 0.1) is 18.5 Å². The van der Waals surface area contributed by atoms with Crippen molar-refractivity contribution in [3.63, 3.8) is 0 Å². The molecule has 0 aliphatic heterocycles. The molecular formula is C25H26FN7O2. The molecular weight excluding hydrogens is 449 g/mol. The molecule has 2 aromatic carbocycles. The van der Waals surface area contributed by atoms with Crippen LogP contribution in [0.25, 0.3) is 22.6 Å². The maximum absolute atomic E-state index is 15.0. The Labute approximate surface area is 202 Å². The zero-order chi connectivity index (χ0) is 25.2. The standard InChI is InChI=1S/C25H26FN7O2/c1-25(2,3)22-32-20(21(33-22)19-11-12-28-23(27)31-19)17-13-15(7-10-18(17)26)30-24(34)29-14-5-8-16(35-4)9-6-14/h5-13H,1-4H3,(H,32,33)(H2,27,28,31)(H2,29,30,34). The van der Waals surface area contributed by atoms with E-state index in [1.807, 2.05) is 20.8 Å². The number of nitrogens with zero attached hydrogens (tertiary/aromatic N) is 3. The minimum atomic E-state index is -0.499. The van der Waals surface area contributed by atoms with Crippen LogP contribution in [0.4, 0.5) is 26.5 Å². The van der Waals surface area contributed by atoms with E-state index in [0.717, 1.165) is 0 Å². The normalized spacial score (nSPS) is 11.2. The largest absolute Gasteiger partial charge is 0.497 e. The Morgan fingerprint density at radius 2 is 1.71 bits per heavy atom. The van der Waals surface area contributed by atoms with Crippen LogP contribution < -0.4 is 21.1 Å². The summed E-state index contributed by atoms with van der Waals surface area (Å²) in [6.45, 7) is 5.97. The third kappa shape index (κ3) is 5.37. The van der Waals surface area contributed by atoms with Crippen molar-refractivity contribution in [2.24, 2.45) is 0 Å². The number of hydrogen-bond acceptors (Lipinski definition) is 6.